The summed E-state index contributed by atoms with van der Waals surface area (Å²) in [5, 5.41) is 15.4. The first-order chi connectivity index (χ1) is 8.92. The minimum atomic E-state index is -0.550. The van der Waals surface area contributed by atoms with Crippen LogP contribution in [-0.4, -0.2) is 20.5 Å². The molecule has 0 radical (unpaired) electrons. The summed E-state index contributed by atoms with van der Waals surface area (Å²) in [5.41, 5.74) is 0.482. The average Bonchev–Trinajstić information content (AvgIpc) is 2.73. The van der Waals surface area contributed by atoms with Gasteiger partial charge in [0.1, 0.15) is 0 Å². The Morgan fingerprint density at radius 2 is 2.05 bits per heavy atom. The first kappa shape index (κ1) is 14.6. The maximum absolute atomic E-state index is 10.8. The summed E-state index contributed by atoms with van der Waals surface area (Å²) in [4.78, 5) is 0. The molecule has 3 heteroatoms. The molecule has 3 nitrogen and oxygen atoms in total. The monoisotopic (exact) mass is 264 g/mol. The standard InChI is InChI=1S/C16H28N2O/c1-5-14(4)18-7-6-15(17-18)11-16(19)9-12(2)8-13(3)10-16/h6-7,12-14,19H,5,8-11H2,1-4H3. The van der Waals surface area contributed by atoms with Crippen LogP contribution in [0.3, 0.4) is 0 Å². The Balaban J connectivity index is 2.05. The quantitative estimate of drug-likeness (QED) is 0.902. The molecule has 0 aromatic carbocycles. The van der Waals surface area contributed by atoms with Gasteiger partial charge < -0.3 is 5.11 Å². The highest BCUT2D eigenvalue weighted by Crippen LogP contribution is 2.37. The normalized spacial score (nSPS) is 33.3. The predicted octanol–water partition coefficient (Wildman–Crippen LogP) is 3.58. The van der Waals surface area contributed by atoms with Crippen molar-refractivity contribution in [2.75, 3.05) is 0 Å². The van der Waals surface area contributed by atoms with E-state index in [9.17, 15) is 5.11 Å². The first-order valence-electron chi connectivity index (χ1n) is 7.68. The zero-order valence-corrected chi connectivity index (χ0v) is 12.8. The fourth-order valence-electron chi connectivity index (χ4n) is 3.62. The lowest BCUT2D eigenvalue weighted by atomic mass is 9.72. The van der Waals surface area contributed by atoms with Crippen molar-refractivity contribution in [3.8, 4) is 0 Å². The van der Waals surface area contributed by atoms with Crippen LogP contribution in [-0.2, 0) is 6.42 Å². The highest BCUT2D eigenvalue weighted by molar-refractivity contribution is 5.06. The topological polar surface area (TPSA) is 38.0 Å². The Kier molecular flexibility index (Phi) is 4.34. The van der Waals surface area contributed by atoms with Crippen molar-refractivity contribution < 1.29 is 5.11 Å². The summed E-state index contributed by atoms with van der Waals surface area (Å²) in [6, 6.07) is 2.50. The van der Waals surface area contributed by atoms with E-state index in [1.165, 1.54) is 6.42 Å². The Bertz CT molecular complexity index is 403. The van der Waals surface area contributed by atoms with Gasteiger partial charge in [0.25, 0.3) is 0 Å². The molecule has 0 saturated heterocycles. The van der Waals surface area contributed by atoms with Crippen molar-refractivity contribution >= 4 is 0 Å². The third-order valence-electron chi connectivity index (χ3n) is 4.48. The Hall–Kier alpha value is -0.830. The summed E-state index contributed by atoms with van der Waals surface area (Å²) in [7, 11) is 0. The van der Waals surface area contributed by atoms with Crippen LogP contribution in [0, 0.1) is 11.8 Å². The summed E-state index contributed by atoms with van der Waals surface area (Å²) >= 11 is 0. The second-order valence-corrected chi connectivity index (χ2v) is 6.80. The molecule has 1 heterocycles. The van der Waals surface area contributed by atoms with Crippen molar-refractivity contribution in [3.63, 3.8) is 0 Å². The number of hydrogen-bond acceptors (Lipinski definition) is 2. The number of aromatic nitrogens is 2. The molecule has 3 atom stereocenters. The van der Waals surface area contributed by atoms with Gasteiger partial charge in [0.05, 0.1) is 11.3 Å². The Morgan fingerprint density at radius 1 is 1.42 bits per heavy atom. The van der Waals surface area contributed by atoms with Gasteiger partial charge in [0, 0.05) is 18.7 Å². The summed E-state index contributed by atoms with van der Waals surface area (Å²) in [5.74, 6) is 1.23. The van der Waals surface area contributed by atoms with Gasteiger partial charge in [-0.25, -0.2) is 0 Å². The van der Waals surface area contributed by atoms with Crippen molar-refractivity contribution in [1.29, 1.82) is 0 Å². The molecule has 1 N–H and O–H groups in total. The van der Waals surface area contributed by atoms with Gasteiger partial charge in [-0.05, 0) is 50.5 Å². The zero-order valence-electron chi connectivity index (χ0n) is 12.8. The van der Waals surface area contributed by atoms with E-state index in [0.717, 1.165) is 25.0 Å². The second kappa shape index (κ2) is 5.66. The van der Waals surface area contributed by atoms with Crippen LogP contribution >= 0.6 is 0 Å². The van der Waals surface area contributed by atoms with Gasteiger partial charge in [-0.15, -0.1) is 0 Å². The smallest absolute Gasteiger partial charge is 0.0708 e. The van der Waals surface area contributed by atoms with Gasteiger partial charge in [0.2, 0.25) is 0 Å². The van der Waals surface area contributed by atoms with Gasteiger partial charge in [-0.2, -0.15) is 5.10 Å². The van der Waals surface area contributed by atoms with Crippen LogP contribution in [0.15, 0.2) is 12.3 Å². The Labute approximate surface area is 117 Å². The molecular weight excluding hydrogens is 236 g/mol. The molecule has 1 aliphatic rings. The fraction of sp³-hybridized carbons (Fsp3) is 0.812. The number of nitrogens with zero attached hydrogens (tertiary/aromatic N) is 2. The van der Waals surface area contributed by atoms with E-state index in [1.54, 1.807) is 0 Å². The maximum Gasteiger partial charge on any atom is 0.0708 e. The highest BCUT2D eigenvalue weighted by atomic mass is 16.3. The van der Waals surface area contributed by atoms with Crippen LogP contribution in [0.5, 0.6) is 0 Å². The molecule has 0 bridgehead atoms. The van der Waals surface area contributed by atoms with Gasteiger partial charge in [-0.1, -0.05) is 20.8 Å². The Morgan fingerprint density at radius 3 is 2.63 bits per heavy atom. The first-order valence-corrected chi connectivity index (χ1v) is 7.68. The van der Waals surface area contributed by atoms with E-state index in [2.05, 4.69) is 38.9 Å². The molecule has 1 aliphatic carbocycles. The predicted molar refractivity (Wildman–Crippen MR) is 78.1 cm³/mol. The average molecular weight is 264 g/mol. The van der Waals surface area contributed by atoms with Crippen LogP contribution in [0.1, 0.15) is 65.1 Å². The second-order valence-electron chi connectivity index (χ2n) is 6.80. The SMILES string of the molecule is CCC(C)n1ccc(CC2(O)CC(C)CC(C)C2)n1. The molecule has 0 aliphatic heterocycles. The van der Waals surface area contributed by atoms with Gasteiger partial charge >= 0.3 is 0 Å². The zero-order chi connectivity index (χ0) is 14.0. The van der Waals surface area contributed by atoms with Crippen LogP contribution in [0.25, 0.3) is 0 Å². The van der Waals surface area contributed by atoms with Crippen LogP contribution in [0.4, 0.5) is 0 Å². The van der Waals surface area contributed by atoms with E-state index in [4.69, 9.17) is 0 Å². The highest BCUT2D eigenvalue weighted by Gasteiger charge is 2.36. The van der Waals surface area contributed by atoms with E-state index >= 15 is 0 Å². The van der Waals surface area contributed by atoms with E-state index in [0.29, 0.717) is 24.3 Å². The molecular formula is C16H28N2O. The van der Waals surface area contributed by atoms with Gasteiger partial charge in [-0.3, -0.25) is 4.68 Å². The minimum Gasteiger partial charge on any atom is -0.389 e. The van der Waals surface area contributed by atoms with Crippen molar-refractivity contribution in [2.45, 2.75) is 71.4 Å². The van der Waals surface area contributed by atoms with Crippen molar-refractivity contribution in [2.24, 2.45) is 11.8 Å². The summed E-state index contributed by atoms with van der Waals surface area (Å²) in [6.07, 6.45) is 6.89. The molecule has 2 rings (SSSR count). The molecule has 1 saturated carbocycles. The largest absolute Gasteiger partial charge is 0.389 e. The molecule has 1 fully saturated rings. The molecule has 0 amide bonds. The third-order valence-corrected chi connectivity index (χ3v) is 4.48. The van der Waals surface area contributed by atoms with Crippen molar-refractivity contribution in [3.05, 3.63) is 18.0 Å². The summed E-state index contributed by atoms with van der Waals surface area (Å²) < 4.78 is 2.02. The molecule has 3 unspecified atom stereocenters. The molecule has 0 spiro atoms. The summed E-state index contributed by atoms with van der Waals surface area (Å²) in [6.45, 7) is 8.84. The van der Waals surface area contributed by atoms with E-state index in [1.807, 2.05) is 10.9 Å². The fourth-order valence-corrected chi connectivity index (χ4v) is 3.62. The lowest BCUT2D eigenvalue weighted by Gasteiger charge is -2.38. The molecule has 108 valence electrons. The number of hydrogen-bond donors (Lipinski definition) is 1. The molecule has 1 aromatic rings. The van der Waals surface area contributed by atoms with Gasteiger partial charge in [0.15, 0.2) is 0 Å². The number of aliphatic hydroxyl groups is 1. The van der Waals surface area contributed by atoms with Crippen LogP contribution in [0.2, 0.25) is 0 Å². The van der Waals surface area contributed by atoms with E-state index in [-0.39, 0.29) is 0 Å². The number of rotatable bonds is 4. The molecule has 19 heavy (non-hydrogen) atoms. The minimum absolute atomic E-state index is 0.438. The lowest BCUT2D eigenvalue weighted by Crippen LogP contribution is -2.40. The third kappa shape index (κ3) is 3.59. The molecule has 1 aromatic heterocycles. The lowest BCUT2D eigenvalue weighted by molar-refractivity contribution is -0.0312. The van der Waals surface area contributed by atoms with Crippen molar-refractivity contribution in [1.82, 2.24) is 9.78 Å². The van der Waals surface area contributed by atoms with E-state index < -0.39 is 5.60 Å². The van der Waals surface area contributed by atoms with Crippen LogP contribution < -0.4 is 0 Å². The maximum atomic E-state index is 10.8.